The summed E-state index contributed by atoms with van der Waals surface area (Å²) in [5.74, 6) is -0.178. The Hall–Kier alpha value is -2.04. The maximum Gasteiger partial charge on any atom is 0.260 e. The van der Waals surface area contributed by atoms with Crippen LogP contribution < -0.4 is 5.56 Å². The minimum atomic E-state index is -0.415. The lowest BCUT2D eigenvalue weighted by atomic mass is 10.1. The molecule has 0 saturated heterocycles. The molecule has 4 nitrogen and oxygen atoms in total. The summed E-state index contributed by atoms with van der Waals surface area (Å²) in [7, 11) is 0. The second-order valence-corrected chi connectivity index (χ2v) is 5.11. The van der Waals surface area contributed by atoms with E-state index < -0.39 is 5.56 Å². The molecule has 0 radical (unpaired) electrons. The fourth-order valence-electron chi connectivity index (χ4n) is 2.02. The Kier molecular flexibility index (Phi) is 3.12. The number of H-pyrrole nitrogens is 1. The van der Waals surface area contributed by atoms with Gasteiger partial charge in [-0.15, -0.1) is 0 Å². The van der Waals surface area contributed by atoms with E-state index in [1.165, 1.54) is 12.3 Å². The Bertz CT molecular complexity index is 857. The summed E-state index contributed by atoms with van der Waals surface area (Å²) in [6.07, 6.45) is 1.41. The predicted molar refractivity (Wildman–Crippen MR) is 79.5 cm³/mol. The molecule has 0 aliphatic rings. The first kappa shape index (κ1) is 13.0. The summed E-state index contributed by atoms with van der Waals surface area (Å²) in [4.78, 5) is 18.8. The minimum Gasteiger partial charge on any atom is -0.505 e. The lowest BCUT2D eigenvalue weighted by Crippen LogP contribution is -2.09. The number of aromatic amines is 1. The van der Waals surface area contributed by atoms with Gasteiger partial charge in [-0.3, -0.25) is 4.79 Å². The Morgan fingerprint density at radius 2 is 1.80 bits per heavy atom. The number of halogens is 2. The molecule has 0 saturated carbocycles. The zero-order valence-electron chi connectivity index (χ0n) is 10.0. The van der Waals surface area contributed by atoms with Crippen molar-refractivity contribution in [1.82, 2.24) is 9.97 Å². The van der Waals surface area contributed by atoms with Crippen molar-refractivity contribution >= 4 is 34.2 Å². The highest BCUT2D eigenvalue weighted by atomic mass is 35.5. The fourth-order valence-corrected chi connectivity index (χ4v) is 2.30. The van der Waals surface area contributed by atoms with Crippen molar-refractivity contribution in [3.05, 3.63) is 56.9 Å². The second kappa shape index (κ2) is 4.81. The van der Waals surface area contributed by atoms with Gasteiger partial charge in [0.25, 0.3) is 5.56 Å². The van der Waals surface area contributed by atoms with Gasteiger partial charge in [0.05, 0.1) is 16.1 Å². The normalized spacial score (nSPS) is 10.9. The average molecular weight is 307 g/mol. The predicted octanol–water partition coefficient (Wildman–Crippen LogP) is 3.60. The SMILES string of the molecule is O=c1[nH]c2cc(Cl)cnc2c(O)c1-c1ccc(Cl)cc1. The third-order valence-corrected chi connectivity index (χ3v) is 3.38. The van der Waals surface area contributed by atoms with Gasteiger partial charge in [-0.2, -0.15) is 0 Å². The molecule has 2 heterocycles. The highest BCUT2D eigenvalue weighted by molar-refractivity contribution is 6.31. The van der Waals surface area contributed by atoms with Crippen LogP contribution in [-0.4, -0.2) is 15.1 Å². The van der Waals surface area contributed by atoms with Gasteiger partial charge in [-0.05, 0) is 23.8 Å². The Morgan fingerprint density at radius 3 is 2.50 bits per heavy atom. The van der Waals surface area contributed by atoms with Crippen LogP contribution in [0.3, 0.4) is 0 Å². The summed E-state index contributed by atoms with van der Waals surface area (Å²) < 4.78 is 0. The molecule has 0 unspecified atom stereocenters. The number of aromatic nitrogens is 2. The standard InChI is InChI=1S/C14H8Cl2N2O2/c15-8-3-1-7(2-4-8)11-13(19)12-10(18-14(11)20)5-9(16)6-17-12/h1-6H,(H2,18,19,20). The van der Waals surface area contributed by atoms with Crippen LogP contribution in [-0.2, 0) is 0 Å². The molecule has 20 heavy (non-hydrogen) atoms. The van der Waals surface area contributed by atoms with E-state index >= 15 is 0 Å². The molecule has 2 N–H and O–H groups in total. The molecule has 0 bridgehead atoms. The van der Waals surface area contributed by atoms with Crippen molar-refractivity contribution in [2.75, 3.05) is 0 Å². The van der Waals surface area contributed by atoms with Crippen LogP contribution in [0.5, 0.6) is 5.75 Å². The summed E-state index contributed by atoms with van der Waals surface area (Å²) in [5.41, 5.74) is 0.980. The zero-order valence-corrected chi connectivity index (χ0v) is 11.5. The van der Waals surface area contributed by atoms with Gasteiger partial charge in [-0.25, -0.2) is 4.98 Å². The van der Waals surface area contributed by atoms with Crippen LogP contribution in [0.15, 0.2) is 41.3 Å². The molecule has 0 aliphatic heterocycles. The van der Waals surface area contributed by atoms with Crippen LogP contribution in [0.2, 0.25) is 10.0 Å². The molecule has 100 valence electrons. The number of nitrogens with zero attached hydrogens (tertiary/aromatic N) is 1. The third-order valence-electron chi connectivity index (χ3n) is 2.92. The van der Waals surface area contributed by atoms with E-state index in [1.54, 1.807) is 24.3 Å². The molecular weight excluding hydrogens is 299 g/mol. The van der Waals surface area contributed by atoms with Crippen molar-refractivity contribution in [1.29, 1.82) is 0 Å². The van der Waals surface area contributed by atoms with E-state index in [0.717, 1.165) is 0 Å². The number of hydrogen-bond acceptors (Lipinski definition) is 3. The van der Waals surface area contributed by atoms with Crippen LogP contribution >= 0.6 is 23.2 Å². The molecule has 0 spiro atoms. The molecular formula is C14H8Cl2N2O2. The van der Waals surface area contributed by atoms with E-state index in [9.17, 15) is 9.90 Å². The number of pyridine rings is 2. The van der Waals surface area contributed by atoms with E-state index in [0.29, 0.717) is 26.6 Å². The fraction of sp³-hybridized carbons (Fsp3) is 0. The zero-order chi connectivity index (χ0) is 14.3. The molecule has 3 rings (SSSR count). The first-order valence-corrected chi connectivity index (χ1v) is 6.48. The van der Waals surface area contributed by atoms with Gasteiger partial charge in [0.2, 0.25) is 0 Å². The quantitative estimate of drug-likeness (QED) is 0.722. The monoisotopic (exact) mass is 306 g/mol. The van der Waals surface area contributed by atoms with Gasteiger partial charge < -0.3 is 10.1 Å². The average Bonchev–Trinajstić information content (AvgIpc) is 2.40. The van der Waals surface area contributed by atoms with Crippen molar-refractivity contribution in [2.24, 2.45) is 0 Å². The number of benzene rings is 1. The van der Waals surface area contributed by atoms with Crippen LogP contribution in [0.1, 0.15) is 0 Å². The molecule has 2 aromatic heterocycles. The number of hydrogen-bond donors (Lipinski definition) is 2. The summed E-state index contributed by atoms with van der Waals surface area (Å²) >= 11 is 11.6. The number of fused-ring (bicyclic) bond motifs is 1. The molecule has 0 atom stereocenters. The lowest BCUT2D eigenvalue weighted by molar-refractivity contribution is 0.481. The molecule has 3 aromatic rings. The number of nitrogens with one attached hydrogen (secondary N) is 1. The maximum absolute atomic E-state index is 12.1. The van der Waals surface area contributed by atoms with Crippen molar-refractivity contribution in [3.63, 3.8) is 0 Å². The van der Waals surface area contributed by atoms with Gasteiger partial charge >= 0.3 is 0 Å². The topological polar surface area (TPSA) is 66.0 Å². The van der Waals surface area contributed by atoms with Crippen molar-refractivity contribution in [2.45, 2.75) is 0 Å². The Morgan fingerprint density at radius 1 is 1.10 bits per heavy atom. The van der Waals surface area contributed by atoms with E-state index in [4.69, 9.17) is 23.2 Å². The first-order valence-electron chi connectivity index (χ1n) is 5.72. The first-order chi connectivity index (χ1) is 9.56. The highest BCUT2D eigenvalue weighted by Crippen LogP contribution is 2.31. The summed E-state index contributed by atoms with van der Waals surface area (Å²) in [5, 5.41) is 11.2. The Balaban J connectivity index is 2.34. The third kappa shape index (κ3) is 2.13. The number of rotatable bonds is 1. The maximum atomic E-state index is 12.1. The smallest absolute Gasteiger partial charge is 0.260 e. The molecule has 0 fully saturated rings. The minimum absolute atomic E-state index is 0.156. The van der Waals surface area contributed by atoms with Crippen molar-refractivity contribution < 1.29 is 5.11 Å². The second-order valence-electron chi connectivity index (χ2n) is 4.23. The molecule has 0 amide bonds. The van der Waals surface area contributed by atoms with Crippen LogP contribution in [0, 0.1) is 0 Å². The van der Waals surface area contributed by atoms with E-state index in [2.05, 4.69) is 9.97 Å². The molecule has 1 aromatic carbocycles. The van der Waals surface area contributed by atoms with E-state index in [-0.39, 0.29) is 11.3 Å². The Labute approximate surface area is 123 Å². The van der Waals surface area contributed by atoms with Gasteiger partial charge in [-0.1, -0.05) is 35.3 Å². The van der Waals surface area contributed by atoms with Crippen LogP contribution in [0.4, 0.5) is 0 Å². The van der Waals surface area contributed by atoms with Gasteiger partial charge in [0, 0.05) is 11.2 Å². The lowest BCUT2D eigenvalue weighted by Gasteiger charge is -2.07. The summed E-state index contributed by atoms with van der Waals surface area (Å²) in [6, 6.07) is 8.16. The molecule has 0 aliphatic carbocycles. The largest absolute Gasteiger partial charge is 0.505 e. The highest BCUT2D eigenvalue weighted by Gasteiger charge is 2.14. The number of aromatic hydroxyl groups is 1. The molecule has 6 heteroatoms. The van der Waals surface area contributed by atoms with Gasteiger partial charge in [0.1, 0.15) is 5.52 Å². The summed E-state index contributed by atoms with van der Waals surface area (Å²) in [6.45, 7) is 0. The van der Waals surface area contributed by atoms with Gasteiger partial charge in [0.15, 0.2) is 5.75 Å². The van der Waals surface area contributed by atoms with Crippen LogP contribution in [0.25, 0.3) is 22.2 Å². The van der Waals surface area contributed by atoms with Crippen molar-refractivity contribution in [3.8, 4) is 16.9 Å². The van der Waals surface area contributed by atoms with E-state index in [1.807, 2.05) is 0 Å².